The van der Waals surface area contributed by atoms with Gasteiger partial charge in [-0.2, -0.15) is 0 Å². The number of hydrogen-bond donors (Lipinski definition) is 2. The van der Waals surface area contributed by atoms with Crippen LogP contribution < -0.4 is 14.8 Å². The summed E-state index contributed by atoms with van der Waals surface area (Å²) in [6.07, 6.45) is 0. The maximum absolute atomic E-state index is 12.4. The Balaban J connectivity index is 1.68. The minimum atomic E-state index is -3.67. The molecule has 0 aliphatic rings. The first kappa shape index (κ1) is 19.4. The lowest BCUT2D eigenvalue weighted by Gasteiger charge is -2.10. The summed E-state index contributed by atoms with van der Waals surface area (Å²) < 4.78 is 32.6. The minimum Gasteiger partial charge on any atom is -0.494 e. The molecule has 3 rings (SSSR count). The maximum atomic E-state index is 12.4. The SMILES string of the molecule is CCOc1cccc(NC(=O)c2ccc(NS(=O)(=O)c3ccccc3)cc2)c1. The highest BCUT2D eigenvalue weighted by molar-refractivity contribution is 7.92. The first-order valence-corrected chi connectivity index (χ1v) is 10.2. The van der Waals surface area contributed by atoms with Gasteiger partial charge in [0.15, 0.2) is 0 Å². The van der Waals surface area contributed by atoms with Gasteiger partial charge in [-0.15, -0.1) is 0 Å². The van der Waals surface area contributed by atoms with E-state index in [0.717, 1.165) is 0 Å². The Morgan fingerprint density at radius 1 is 0.893 bits per heavy atom. The second-order valence-electron chi connectivity index (χ2n) is 5.91. The van der Waals surface area contributed by atoms with Gasteiger partial charge in [0.1, 0.15) is 5.75 Å². The highest BCUT2D eigenvalue weighted by atomic mass is 32.2. The average Bonchev–Trinajstić information content (AvgIpc) is 2.69. The number of carbonyl (C=O) groups excluding carboxylic acids is 1. The van der Waals surface area contributed by atoms with Gasteiger partial charge in [-0.3, -0.25) is 9.52 Å². The molecule has 0 radical (unpaired) electrons. The summed E-state index contributed by atoms with van der Waals surface area (Å²) in [5.74, 6) is 0.372. The van der Waals surface area contributed by atoms with Gasteiger partial charge < -0.3 is 10.1 Å². The normalized spacial score (nSPS) is 10.9. The van der Waals surface area contributed by atoms with E-state index in [-0.39, 0.29) is 10.8 Å². The molecule has 0 unspecified atom stereocenters. The van der Waals surface area contributed by atoms with Gasteiger partial charge >= 0.3 is 0 Å². The predicted molar refractivity (Wildman–Crippen MR) is 109 cm³/mol. The molecule has 0 bridgehead atoms. The van der Waals surface area contributed by atoms with E-state index in [1.165, 1.54) is 12.1 Å². The van der Waals surface area contributed by atoms with Crippen LogP contribution in [0.25, 0.3) is 0 Å². The Morgan fingerprint density at radius 2 is 1.61 bits per heavy atom. The zero-order valence-corrected chi connectivity index (χ0v) is 16.1. The Labute approximate surface area is 164 Å². The molecule has 0 atom stereocenters. The summed E-state index contributed by atoms with van der Waals surface area (Å²) in [4.78, 5) is 12.6. The fourth-order valence-corrected chi connectivity index (χ4v) is 3.62. The number of nitrogens with one attached hydrogen (secondary N) is 2. The summed E-state index contributed by atoms with van der Waals surface area (Å²) in [5.41, 5.74) is 1.40. The minimum absolute atomic E-state index is 0.172. The predicted octanol–water partition coefficient (Wildman–Crippen LogP) is 4.14. The molecule has 2 N–H and O–H groups in total. The lowest BCUT2D eigenvalue weighted by molar-refractivity contribution is 0.102. The molecule has 3 aromatic rings. The van der Waals surface area contributed by atoms with Crippen molar-refractivity contribution >= 4 is 27.3 Å². The zero-order chi connectivity index (χ0) is 20.0. The van der Waals surface area contributed by atoms with E-state index in [0.29, 0.717) is 29.3 Å². The second-order valence-corrected chi connectivity index (χ2v) is 7.59. The Bertz CT molecular complexity index is 1050. The lowest BCUT2D eigenvalue weighted by Crippen LogP contribution is -2.14. The van der Waals surface area contributed by atoms with Crippen molar-refractivity contribution in [2.24, 2.45) is 0 Å². The van der Waals surface area contributed by atoms with Crippen molar-refractivity contribution in [3.05, 3.63) is 84.4 Å². The zero-order valence-electron chi connectivity index (χ0n) is 15.3. The van der Waals surface area contributed by atoms with E-state index in [9.17, 15) is 13.2 Å². The van der Waals surface area contributed by atoms with Crippen LogP contribution in [0, 0.1) is 0 Å². The smallest absolute Gasteiger partial charge is 0.261 e. The monoisotopic (exact) mass is 396 g/mol. The third-order valence-electron chi connectivity index (χ3n) is 3.86. The first-order chi connectivity index (χ1) is 13.5. The van der Waals surface area contributed by atoms with Crippen LogP contribution in [0.4, 0.5) is 11.4 Å². The molecule has 3 aromatic carbocycles. The van der Waals surface area contributed by atoms with Crippen LogP contribution in [0.15, 0.2) is 83.8 Å². The molecule has 144 valence electrons. The number of sulfonamides is 1. The van der Waals surface area contributed by atoms with Gasteiger partial charge in [0.25, 0.3) is 15.9 Å². The largest absolute Gasteiger partial charge is 0.494 e. The van der Waals surface area contributed by atoms with Gasteiger partial charge in [-0.25, -0.2) is 8.42 Å². The van der Waals surface area contributed by atoms with Crippen LogP contribution in [0.1, 0.15) is 17.3 Å². The highest BCUT2D eigenvalue weighted by Crippen LogP contribution is 2.20. The van der Waals surface area contributed by atoms with E-state index in [1.807, 2.05) is 13.0 Å². The number of rotatable bonds is 7. The van der Waals surface area contributed by atoms with Crippen LogP contribution in [-0.2, 0) is 10.0 Å². The number of anilines is 2. The number of ether oxygens (including phenoxy) is 1. The average molecular weight is 396 g/mol. The van der Waals surface area contributed by atoms with Crippen molar-refractivity contribution in [2.75, 3.05) is 16.6 Å². The molecular formula is C21H20N2O4S. The van der Waals surface area contributed by atoms with E-state index >= 15 is 0 Å². The number of amides is 1. The first-order valence-electron chi connectivity index (χ1n) is 8.70. The highest BCUT2D eigenvalue weighted by Gasteiger charge is 2.14. The van der Waals surface area contributed by atoms with Crippen molar-refractivity contribution < 1.29 is 17.9 Å². The maximum Gasteiger partial charge on any atom is 0.261 e. The van der Waals surface area contributed by atoms with Crippen LogP contribution >= 0.6 is 0 Å². The van der Waals surface area contributed by atoms with Crippen molar-refractivity contribution in [1.82, 2.24) is 0 Å². The second kappa shape index (κ2) is 8.58. The molecule has 0 heterocycles. The van der Waals surface area contributed by atoms with Crippen molar-refractivity contribution in [3.63, 3.8) is 0 Å². The van der Waals surface area contributed by atoms with Crippen LogP contribution in [0.3, 0.4) is 0 Å². The topological polar surface area (TPSA) is 84.5 Å². The summed E-state index contributed by atoms with van der Waals surface area (Å²) in [6.45, 7) is 2.43. The van der Waals surface area contributed by atoms with Crippen molar-refractivity contribution in [3.8, 4) is 5.75 Å². The molecule has 0 aliphatic heterocycles. The molecule has 0 aromatic heterocycles. The van der Waals surface area contributed by atoms with Gasteiger partial charge in [0, 0.05) is 23.0 Å². The fraction of sp³-hybridized carbons (Fsp3) is 0.0952. The molecule has 0 spiro atoms. The van der Waals surface area contributed by atoms with E-state index in [2.05, 4.69) is 10.0 Å². The molecule has 0 fully saturated rings. The van der Waals surface area contributed by atoms with E-state index < -0.39 is 10.0 Å². The number of benzene rings is 3. The van der Waals surface area contributed by atoms with Crippen LogP contribution in [-0.4, -0.2) is 20.9 Å². The summed E-state index contributed by atoms with van der Waals surface area (Å²) in [5, 5.41) is 2.79. The van der Waals surface area contributed by atoms with E-state index in [4.69, 9.17) is 4.74 Å². The van der Waals surface area contributed by atoms with Crippen molar-refractivity contribution in [2.45, 2.75) is 11.8 Å². The summed E-state index contributed by atoms with van der Waals surface area (Å²) in [7, 11) is -3.67. The van der Waals surface area contributed by atoms with Crippen molar-refractivity contribution in [1.29, 1.82) is 0 Å². The van der Waals surface area contributed by atoms with Gasteiger partial charge in [-0.1, -0.05) is 24.3 Å². The van der Waals surface area contributed by atoms with E-state index in [1.54, 1.807) is 60.7 Å². The molecule has 0 saturated heterocycles. The Kier molecular flexibility index (Phi) is 5.96. The molecule has 0 aliphatic carbocycles. The summed E-state index contributed by atoms with van der Waals surface area (Å²) >= 11 is 0. The number of carbonyl (C=O) groups is 1. The quantitative estimate of drug-likeness (QED) is 0.629. The molecular weight excluding hydrogens is 376 g/mol. The lowest BCUT2D eigenvalue weighted by atomic mass is 10.2. The summed E-state index contributed by atoms with van der Waals surface area (Å²) in [6, 6.07) is 21.4. The molecule has 7 heteroatoms. The number of hydrogen-bond acceptors (Lipinski definition) is 4. The fourth-order valence-electron chi connectivity index (χ4n) is 2.54. The standard InChI is InChI=1S/C21H20N2O4S/c1-2-27-19-8-6-7-18(15-19)22-21(24)16-11-13-17(14-12-16)23-28(25,26)20-9-4-3-5-10-20/h3-15,23H,2H2,1H3,(H,22,24). The van der Waals surface area contributed by atoms with Gasteiger partial charge in [-0.05, 0) is 55.5 Å². The molecule has 6 nitrogen and oxygen atoms in total. The van der Waals surface area contributed by atoms with Crippen LogP contribution in [0.5, 0.6) is 5.75 Å². The van der Waals surface area contributed by atoms with Gasteiger partial charge in [0.2, 0.25) is 0 Å². The molecule has 0 saturated carbocycles. The molecule has 1 amide bonds. The Hall–Kier alpha value is -3.32. The van der Waals surface area contributed by atoms with Gasteiger partial charge in [0.05, 0.1) is 11.5 Å². The third-order valence-corrected chi connectivity index (χ3v) is 5.25. The molecule has 28 heavy (non-hydrogen) atoms. The van der Waals surface area contributed by atoms with Crippen LogP contribution in [0.2, 0.25) is 0 Å². The Morgan fingerprint density at radius 3 is 2.29 bits per heavy atom. The third kappa shape index (κ3) is 4.89.